The van der Waals surface area contributed by atoms with E-state index in [1.807, 2.05) is 0 Å². The molecule has 0 unspecified atom stereocenters. The summed E-state index contributed by atoms with van der Waals surface area (Å²) in [6.07, 6.45) is 6.24. The van der Waals surface area contributed by atoms with Crippen molar-refractivity contribution in [3.63, 3.8) is 0 Å². The third-order valence-corrected chi connectivity index (χ3v) is 3.45. The van der Waals surface area contributed by atoms with E-state index in [1.54, 1.807) is 0 Å². The van der Waals surface area contributed by atoms with Crippen LogP contribution < -0.4 is 0 Å². The standard InChI is InChI=1S/C6H10F2.C6H11F/c7-6(8)5-3-1-2-4-5;7-5-6-3-1-2-4-6/h5-6H,1-4H2;6H,1-5H2. The Balaban J connectivity index is 0.000000151. The molecular formula is C12H21F3. The summed E-state index contributed by atoms with van der Waals surface area (Å²) in [7, 11) is 0. The van der Waals surface area contributed by atoms with Crippen LogP contribution in [-0.2, 0) is 0 Å². The van der Waals surface area contributed by atoms with Gasteiger partial charge < -0.3 is 0 Å². The van der Waals surface area contributed by atoms with Crippen LogP contribution in [-0.4, -0.2) is 13.1 Å². The molecular weight excluding hydrogens is 201 g/mol. The minimum absolute atomic E-state index is 0.0833. The molecule has 2 fully saturated rings. The lowest BCUT2D eigenvalue weighted by Gasteiger charge is -2.03. The van der Waals surface area contributed by atoms with Crippen molar-refractivity contribution < 1.29 is 13.2 Å². The summed E-state index contributed by atoms with van der Waals surface area (Å²) >= 11 is 0. The highest BCUT2D eigenvalue weighted by atomic mass is 19.3. The van der Waals surface area contributed by atoms with Crippen LogP contribution in [0.3, 0.4) is 0 Å². The zero-order valence-corrected chi connectivity index (χ0v) is 9.23. The van der Waals surface area contributed by atoms with Gasteiger partial charge in [-0.2, -0.15) is 0 Å². The molecule has 0 saturated heterocycles. The van der Waals surface area contributed by atoms with Crippen LogP contribution in [0.25, 0.3) is 0 Å². The lowest BCUT2D eigenvalue weighted by atomic mass is 10.1. The van der Waals surface area contributed by atoms with Gasteiger partial charge in [-0.1, -0.05) is 25.7 Å². The molecule has 0 aliphatic heterocycles. The topological polar surface area (TPSA) is 0 Å². The van der Waals surface area contributed by atoms with Crippen LogP contribution in [0.2, 0.25) is 0 Å². The van der Waals surface area contributed by atoms with Crippen LogP contribution in [0.1, 0.15) is 51.4 Å². The van der Waals surface area contributed by atoms with E-state index >= 15 is 0 Å². The second-order valence-electron chi connectivity index (χ2n) is 4.68. The molecule has 0 radical (unpaired) electrons. The average Bonchev–Trinajstić information content (AvgIpc) is 2.92. The fourth-order valence-electron chi connectivity index (χ4n) is 2.37. The molecule has 0 aromatic rings. The summed E-state index contributed by atoms with van der Waals surface area (Å²) in [6, 6.07) is 0. The van der Waals surface area contributed by atoms with E-state index in [1.165, 1.54) is 12.8 Å². The molecule has 0 N–H and O–H groups in total. The Morgan fingerprint density at radius 2 is 1.33 bits per heavy atom. The molecule has 0 aromatic carbocycles. The molecule has 2 aliphatic rings. The Kier molecular flexibility index (Phi) is 6.11. The monoisotopic (exact) mass is 222 g/mol. The van der Waals surface area contributed by atoms with Crippen molar-refractivity contribution >= 4 is 0 Å². The largest absolute Gasteiger partial charge is 0.251 e. The quantitative estimate of drug-likeness (QED) is 0.641. The van der Waals surface area contributed by atoms with Gasteiger partial charge in [0.2, 0.25) is 6.43 Å². The molecule has 0 spiro atoms. The normalized spacial score (nSPS) is 23.2. The van der Waals surface area contributed by atoms with Gasteiger partial charge in [-0.3, -0.25) is 4.39 Å². The Bertz CT molecular complexity index is 147. The van der Waals surface area contributed by atoms with Crippen LogP contribution in [0, 0.1) is 11.8 Å². The van der Waals surface area contributed by atoms with Crippen LogP contribution in [0.4, 0.5) is 13.2 Å². The molecule has 3 heteroatoms. The Morgan fingerprint density at radius 3 is 1.60 bits per heavy atom. The molecule has 0 atom stereocenters. The number of hydrogen-bond acceptors (Lipinski definition) is 0. The second kappa shape index (κ2) is 7.13. The maximum atomic E-state index is 11.7. The molecule has 90 valence electrons. The van der Waals surface area contributed by atoms with Crippen molar-refractivity contribution in [2.45, 2.75) is 57.8 Å². The van der Waals surface area contributed by atoms with Crippen LogP contribution >= 0.6 is 0 Å². The van der Waals surface area contributed by atoms with E-state index in [9.17, 15) is 13.2 Å². The van der Waals surface area contributed by atoms with Crippen molar-refractivity contribution in [2.24, 2.45) is 11.8 Å². The van der Waals surface area contributed by atoms with E-state index in [4.69, 9.17) is 0 Å². The van der Waals surface area contributed by atoms with Crippen molar-refractivity contribution in [3.8, 4) is 0 Å². The molecule has 0 amide bonds. The Morgan fingerprint density at radius 1 is 0.867 bits per heavy atom. The minimum Gasteiger partial charge on any atom is -0.251 e. The van der Waals surface area contributed by atoms with Crippen LogP contribution in [0.5, 0.6) is 0 Å². The second-order valence-corrected chi connectivity index (χ2v) is 4.68. The number of halogens is 3. The smallest absolute Gasteiger partial charge is 0.241 e. The third kappa shape index (κ3) is 4.89. The van der Waals surface area contributed by atoms with E-state index in [2.05, 4.69) is 0 Å². The lowest BCUT2D eigenvalue weighted by Crippen LogP contribution is -2.04. The van der Waals surface area contributed by atoms with Gasteiger partial charge >= 0.3 is 0 Å². The van der Waals surface area contributed by atoms with Crippen molar-refractivity contribution in [2.75, 3.05) is 6.67 Å². The first-order valence-electron chi connectivity index (χ1n) is 6.08. The van der Waals surface area contributed by atoms with E-state index in [0.717, 1.165) is 38.5 Å². The van der Waals surface area contributed by atoms with E-state index < -0.39 is 6.43 Å². The summed E-state index contributed by atoms with van der Waals surface area (Å²) in [5, 5.41) is 0. The fourth-order valence-corrected chi connectivity index (χ4v) is 2.37. The van der Waals surface area contributed by atoms with Gasteiger partial charge in [0, 0.05) is 5.92 Å². The van der Waals surface area contributed by atoms with Crippen molar-refractivity contribution in [1.29, 1.82) is 0 Å². The summed E-state index contributed by atoms with van der Waals surface area (Å²) in [5.41, 5.74) is 0. The summed E-state index contributed by atoms with van der Waals surface area (Å²) in [4.78, 5) is 0. The highest BCUT2D eigenvalue weighted by Gasteiger charge is 2.23. The molecule has 0 bridgehead atoms. The van der Waals surface area contributed by atoms with Gasteiger partial charge in [0.05, 0.1) is 6.67 Å². The Labute approximate surface area is 90.2 Å². The first kappa shape index (κ1) is 12.9. The van der Waals surface area contributed by atoms with Gasteiger partial charge in [0.15, 0.2) is 0 Å². The molecule has 15 heavy (non-hydrogen) atoms. The third-order valence-electron chi connectivity index (χ3n) is 3.45. The molecule has 2 aliphatic carbocycles. The summed E-state index contributed by atoms with van der Waals surface area (Å²) in [5.74, 6) is 0.162. The Hall–Kier alpha value is -0.210. The lowest BCUT2D eigenvalue weighted by molar-refractivity contribution is 0.0807. The van der Waals surface area contributed by atoms with Gasteiger partial charge in [-0.05, 0) is 31.6 Å². The number of alkyl halides is 3. The highest BCUT2D eigenvalue weighted by Crippen LogP contribution is 2.29. The maximum absolute atomic E-state index is 11.7. The zero-order valence-electron chi connectivity index (χ0n) is 9.23. The molecule has 0 heterocycles. The molecule has 2 saturated carbocycles. The van der Waals surface area contributed by atoms with Gasteiger partial charge in [0.25, 0.3) is 0 Å². The zero-order chi connectivity index (χ0) is 11.1. The van der Waals surface area contributed by atoms with Gasteiger partial charge in [-0.25, -0.2) is 8.78 Å². The SMILES string of the molecule is FC(F)C1CCCC1.FCC1CCCC1. The highest BCUT2D eigenvalue weighted by molar-refractivity contribution is 4.68. The minimum atomic E-state index is -2.06. The summed E-state index contributed by atoms with van der Waals surface area (Å²) < 4.78 is 35.2. The molecule has 2 rings (SSSR count). The first-order valence-corrected chi connectivity index (χ1v) is 6.08. The first-order chi connectivity index (χ1) is 7.24. The predicted octanol–water partition coefficient (Wildman–Crippen LogP) is 4.59. The van der Waals surface area contributed by atoms with Gasteiger partial charge in [-0.15, -0.1) is 0 Å². The van der Waals surface area contributed by atoms with E-state index in [-0.39, 0.29) is 12.6 Å². The molecule has 0 aromatic heterocycles. The number of hydrogen-bond donors (Lipinski definition) is 0. The van der Waals surface area contributed by atoms with E-state index in [0.29, 0.717) is 5.92 Å². The van der Waals surface area contributed by atoms with Crippen molar-refractivity contribution in [3.05, 3.63) is 0 Å². The fraction of sp³-hybridized carbons (Fsp3) is 1.00. The summed E-state index contributed by atoms with van der Waals surface area (Å²) in [6.45, 7) is -0.0833. The maximum Gasteiger partial charge on any atom is 0.241 e. The predicted molar refractivity (Wildman–Crippen MR) is 55.9 cm³/mol. The van der Waals surface area contributed by atoms with Gasteiger partial charge in [0.1, 0.15) is 0 Å². The average molecular weight is 222 g/mol. The van der Waals surface area contributed by atoms with Crippen LogP contribution in [0.15, 0.2) is 0 Å². The van der Waals surface area contributed by atoms with Crippen molar-refractivity contribution in [1.82, 2.24) is 0 Å². The molecule has 0 nitrogen and oxygen atoms in total. The number of rotatable bonds is 2.